The molecule has 3 rings (SSSR count). The standard InChI is InChI=1S/C18H20N4OS2/c1-5-16-21-22-18(25-16)20-15(23)9-24-17-12(4)8-13-11(3)6-10(2)7-14(13)19-17/h6-8H,5,9H2,1-4H3,(H,20,22,23). The van der Waals surface area contributed by atoms with Crippen LogP contribution in [0.5, 0.6) is 0 Å². The van der Waals surface area contributed by atoms with E-state index >= 15 is 0 Å². The van der Waals surface area contributed by atoms with E-state index in [1.165, 1.54) is 34.2 Å². The first-order valence-corrected chi connectivity index (χ1v) is 9.90. The predicted molar refractivity (Wildman–Crippen MR) is 105 cm³/mol. The summed E-state index contributed by atoms with van der Waals surface area (Å²) in [5.74, 6) is 0.205. The predicted octanol–water partition coefficient (Wildman–Crippen LogP) is 4.30. The van der Waals surface area contributed by atoms with E-state index in [0.29, 0.717) is 10.9 Å². The van der Waals surface area contributed by atoms with Gasteiger partial charge < -0.3 is 0 Å². The second-order valence-corrected chi connectivity index (χ2v) is 7.98. The Morgan fingerprint density at radius 2 is 1.96 bits per heavy atom. The van der Waals surface area contributed by atoms with Gasteiger partial charge in [-0.05, 0) is 56.0 Å². The molecule has 25 heavy (non-hydrogen) atoms. The maximum Gasteiger partial charge on any atom is 0.236 e. The number of aromatic nitrogens is 3. The molecule has 1 N–H and O–H groups in total. The number of carbonyl (C=O) groups is 1. The van der Waals surface area contributed by atoms with Crippen LogP contribution in [0.15, 0.2) is 23.2 Å². The Balaban J connectivity index is 1.72. The van der Waals surface area contributed by atoms with Crippen molar-refractivity contribution in [3.63, 3.8) is 0 Å². The molecule has 0 radical (unpaired) electrons. The lowest BCUT2D eigenvalue weighted by Gasteiger charge is -2.09. The Morgan fingerprint density at radius 3 is 2.68 bits per heavy atom. The van der Waals surface area contributed by atoms with Gasteiger partial charge in [-0.25, -0.2) is 4.98 Å². The number of pyridine rings is 1. The quantitative estimate of drug-likeness (QED) is 0.676. The van der Waals surface area contributed by atoms with Crippen LogP contribution in [0.25, 0.3) is 10.9 Å². The molecule has 0 saturated heterocycles. The second-order valence-electron chi connectivity index (χ2n) is 5.95. The molecule has 0 bridgehead atoms. The highest BCUT2D eigenvalue weighted by Gasteiger charge is 2.11. The van der Waals surface area contributed by atoms with Gasteiger partial charge in [-0.2, -0.15) is 0 Å². The van der Waals surface area contributed by atoms with Crippen LogP contribution in [0.3, 0.4) is 0 Å². The van der Waals surface area contributed by atoms with Gasteiger partial charge in [0.1, 0.15) is 10.0 Å². The van der Waals surface area contributed by atoms with Crippen molar-refractivity contribution in [1.82, 2.24) is 15.2 Å². The van der Waals surface area contributed by atoms with Gasteiger partial charge in [0.2, 0.25) is 11.0 Å². The van der Waals surface area contributed by atoms with Crippen molar-refractivity contribution >= 4 is 45.0 Å². The maximum absolute atomic E-state index is 12.1. The first-order chi connectivity index (χ1) is 12.0. The molecule has 0 saturated carbocycles. The molecule has 7 heteroatoms. The fourth-order valence-corrected chi connectivity index (χ4v) is 4.08. The number of rotatable bonds is 5. The van der Waals surface area contributed by atoms with E-state index in [1.807, 2.05) is 13.8 Å². The molecule has 130 valence electrons. The van der Waals surface area contributed by atoms with Crippen molar-refractivity contribution in [2.75, 3.05) is 11.1 Å². The lowest BCUT2D eigenvalue weighted by Crippen LogP contribution is -2.14. The summed E-state index contributed by atoms with van der Waals surface area (Å²) in [6, 6.07) is 6.39. The van der Waals surface area contributed by atoms with Crippen molar-refractivity contribution in [3.05, 3.63) is 39.9 Å². The fraction of sp³-hybridized carbons (Fsp3) is 0.333. The zero-order chi connectivity index (χ0) is 18.0. The van der Waals surface area contributed by atoms with Crippen molar-refractivity contribution in [3.8, 4) is 0 Å². The first-order valence-electron chi connectivity index (χ1n) is 8.10. The van der Waals surface area contributed by atoms with E-state index in [-0.39, 0.29) is 5.91 Å². The van der Waals surface area contributed by atoms with Gasteiger partial charge in [-0.3, -0.25) is 10.1 Å². The van der Waals surface area contributed by atoms with Crippen LogP contribution in [0, 0.1) is 20.8 Å². The van der Waals surface area contributed by atoms with E-state index in [1.54, 1.807) is 0 Å². The number of hydrogen-bond acceptors (Lipinski definition) is 6. The number of anilines is 1. The highest BCUT2D eigenvalue weighted by molar-refractivity contribution is 8.00. The van der Waals surface area contributed by atoms with Crippen LogP contribution in [-0.2, 0) is 11.2 Å². The SMILES string of the molecule is CCc1nnc(NC(=O)CSc2nc3cc(C)cc(C)c3cc2C)s1. The maximum atomic E-state index is 12.1. The lowest BCUT2D eigenvalue weighted by molar-refractivity contribution is -0.113. The highest BCUT2D eigenvalue weighted by atomic mass is 32.2. The molecule has 1 amide bonds. The van der Waals surface area contributed by atoms with Crippen LogP contribution >= 0.6 is 23.1 Å². The number of thioether (sulfide) groups is 1. The Kier molecular flexibility index (Phi) is 5.34. The normalized spacial score (nSPS) is 11.0. The number of aryl methyl sites for hydroxylation is 4. The molecule has 0 fully saturated rings. The van der Waals surface area contributed by atoms with Crippen LogP contribution in [0.1, 0.15) is 28.6 Å². The number of hydrogen-bond donors (Lipinski definition) is 1. The van der Waals surface area contributed by atoms with Gasteiger partial charge in [0.05, 0.1) is 11.3 Å². The Morgan fingerprint density at radius 1 is 1.16 bits per heavy atom. The fourth-order valence-electron chi connectivity index (χ4n) is 2.59. The van der Waals surface area contributed by atoms with Crippen molar-refractivity contribution < 1.29 is 4.79 Å². The summed E-state index contributed by atoms with van der Waals surface area (Å²) in [7, 11) is 0. The van der Waals surface area contributed by atoms with E-state index < -0.39 is 0 Å². The van der Waals surface area contributed by atoms with Crippen LogP contribution in [0.4, 0.5) is 5.13 Å². The molecule has 0 aliphatic carbocycles. The topological polar surface area (TPSA) is 67.8 Å². The Bertz CT molecular complexity index is 936. The molecule has 0 unspecified atom stereocenters. The molecular weight excluding hydrogens is 352 g/mol. The minimum atomic E-state index is -0.0921. The molecule has 2 aromatic heterocycles. The summed E-state index contributed by atoms with van der Waals surface area (Å²) in [6.45, 7) is 8.22. The molecule has 2 heterocycles. The third-order valence-corrected chi connectivity index (χ3v) is 5.86. The van der Waals surface area contributed by atoms with Gasteiger partial charge in [0.25, 0.3) is 0 Å². The van der Waals surface area contributed by atoms with Gasteiger partial charge in [-0.1, -0.05) is 36.1 Å². The third kappa shape index (κ3) is 4.16. The average Bonchev–Trinajstić information content (AvgIpc) is 3.01. The summed E-state index contributed by atoms with van der Waals surface area (Å²) < 4.78 is 0. The van der Waals surface area contributed by atoms with Crippen LogP contribution < -0.4 is 5.32 Å². The molecule has 0 aliphatic rings. The second kappa shape index (κ2) is 7.49. The monoisotopic (exact) mass is 372 g/mol. The summed E-state index contributed by atoms with van der Waals surface area (Å²) >= 11 is 2.86. The van der Waals surface area contributed by atoms with Gasteiger partial charge in [0, 0.05) is 5.39 Å². The Hall–Kier alpha value is -1.99. The summed E-state index contributed by atoms with van der Waals surface area (Å²) in [6.07, 6.45) is 0.821. The number of nitrogens with zero attached hydrogens (tertiary/aromatic N) is 3. The minimum absolute atomic E-state index is 0.0921. The summed E-state index contributed by atoms with van der Waals surface area (Å²) in [4.78, 5) is 16.9. The zero-order valence-corrected chi connectivity index (χ0v) is 16.3. The third-order valence-electron chi connectivity index (χ3n) is 3.79. The number of amides is 1. The smallest absolute Gasteiger partial charge is 0.236 e. The van der Waals surface area contributed by atoms with Crippen molar-refractivity contribution in [2.24, 2.45) is 0 Å². The molecule has 1 aromatic carbocycles. The zero-order valence-electron chi connectivity index (χ0n) is 14.7. The van der Waals surface area contributed by atoms with Gasteiger partial charge >= 0.3 is 0 Å². The molecule has 0 spiro atoms. The van der Waals surface area contributed by atoms with Crippen molar-refractivity contribution in [1.29, 1.82) is 0 Å². The molecular formula is C18H20N4OS2. The minimum Gasteiger partial charge on any atom is -0.300 e. The lowest BCUT2D eigenvalue weighted by atomic mass is 10.1. The van der Waals surface area contributed by atoms with Crippen LogP contribution in [-0.4, -0.2) is 26.8 Å². The average molecular weight is 373 g/mol. The Labute approximate surface area is 155 Å². The summed E-state index contributed by atoms with van der Waals surface area (Å²) in [5, 5.41) is 14.3. The largest absolute Gasteiger partial charge is 0.300 e. The van der Waals surface area contributed by atoms with Crippen molar-refractivity contribution in [2.45, 2.75) is 39.1 Å². The number of carbonyl (C=O) groups excluding carboxylic acids is 1. The number of nitrogens with one attached hydrogen (secondary N) is 1. The molecule has 5 nitrogen and oxygen atoms in total. The van der Waals surface area contributed by atoms with E-state index in [2.05, 4.69) is 47.6 Å². The number of benzene rings is 1. The molecule has 3 aromatic rings. The summed E-state index contributed by atoms with van der Waals surface area (Å²) in [5.41, 5.74) is 4.48. The molecule has 0 aliphatic heterocycles. The van der Waals surface area contributed by atoms with Gasteiger partial charge in [-0.15, -0.1) is 10.2 Å². The van der Waals surface area contributed by atoms with E-state index in [9.17, 15) is 4.79 Å². The van der Waals surface area contributed by atoms with E-state index in [0.717, 1.165) is 32.9 Å². The van der Waals surface area contributed by atoms with Gasteiger partial charge in [0.15, 0.2) is 0 Å². The first kappa shape index (κ1) is 17.8. The molecule has 0 atom stereocenters. The van der Waals surface area contributed by atoms with E-state index in [4.69, 9.17) is 4.98 Å². The highest BCUT2D eigenvalue weighted by Crippen LogP contribution is 2.27. The number of fused-ring (bicyclic) bond motifs is 1. The van der Waals surface area contributed by atoms with Crippen LogP contribution in [0.2, 0.25) is 0 Å².